The first kappa shape index (κ1) is 34.6. The number of hydrogen-bond donors (Lipinski definition) is 0. The minimum Gasteiger partial charge on any atom is -0.310 e. The molecule has 0 saturated heterocycles. The monoisotopic (exact) mass is 766 g/mol. The lowest BCUT2D eigenvalue weighted by Gasteiger charge is -2.45. The van der Waals surface area contributed by atoms with E-state index in [2.05, 4.69) is 242 Å². The second-order valence-corrected chi connectivity index (χ2v) is 16.8. The molecule has 0 atom stereocenters. The smallest absolute Gasteiger partial charge is 0.0754 e. The number of hydrogen-bond acceptors (Lipinski definition) is 2. The molecule has 9 aromatic carbocycles. The summed E-state index contributed by atoms with van der Waals surface area (Å²) < 4.78 is 0. The van der Waals surface area contributed by atoms with Crippen molar-refractivity contribution in [3.63, 3.8) is 0 Å². The van der Waals surface area contributed by atoms with Gasteiger partial charge in [-0.1, -0.05) is 172 Å². The summed E-state index contributed by atoms with van der Waals surface area (Å²) in [6, 6.07) is 81.0. The van der Waals surface area contributed by atoms with Crippen LogP contribution in [0.4, 0.5) is 34.1 Å². The van der Waals surface area contributed by atoms with Gasteiger partial charge >= 0.3 is 0 Å². The predicted molar refractivity (Wildman–Crippen MR) is 250 cm³/mol. The van der Waals surface area contributed by atoms with Gasteiger partial charge in [-0.25, -0.2) is 0 Å². The molecule has 0 N–H and O–H groups in total. The lowest BCUT2D eigenvalue weighted by molar-refractivity contribution is 0.660. The van der Waals surface area contributed by atoms with E-state index in [0.717, 1.165) is 22.7 Å². The van der Waals surface area contributed by atoms with Crippen LogP contribution >= 0.6 is 0 Å². The van der Waals surface area contributed by atoms with E-state index in [9.17, 15) is 0 Å². The molecule has 2 heteroatoms. The van der Waals surface area contributed by atoms with Crippen molar-refractivity contribution in [2.45, 2.75) is 24.7 Å². The van der Waals surface area contributed by atoms with Crippen LogP contribution < -0.4 is 9.80 Å². The van der Waals surface area contributed by atoms with Crippen molar-refractivity contribution in [3.05, 3.63) is 252 Å². The van der Waals surface area contributed by atoms with E-state index in [1.165, 1.54) is 78.1 Å². The molecule has 284 valence electrons. The second-order valence-electron chi connectivity index (χ2n) is 16.8. The first-order valence-electron chi connectivity index (χ1n) is 21.0. The van der Waals surface area contributed by atoms with Crippen molar-refractivity contribution in [1.29, 1.82) is 0 Å². The first-order chi connectivity index (χ1) is 29.5. The summed E-state index contributed by atoms with van der Waals surface area (Å²) in [4.78, 5) is 4.90. The van der Waals surface area contributed by atoms with Crippen molar-refractivity contribution in [3.8, 4) is 33.4 Å². The third kappa shape index (κ3) is 4.76. The van der Waals surface area contributed by atoms with Crippen molar-refractivity contribution in [2.24, 2.45) is 0 Å². The molecule has 1 aliphatic heterocycles. The first-order valence-corrected chi connectivity index (χ1v) is 21.0. The Morgan fingerprint density at radius 3 is 1.55 bits per heavy atom. The summed E-state index contributed by atoms with van der Waals surface area (Å²) in [5, 5.41) is 0. The van der Waals surface area contributed by atoms with Crippen LogP contribution in [0.3, 0.4) is 0 Å². The van der Waals surface area contributed by atoms with Crippen LogP contribution in [0.1, 0.15) is 47.2 Å². The number of fused-ring (bicyclic) bond motifs is 12. The Hall–Kier alpha value is -7.42. The Morgan fingerprint density at radius 2 is 0.850 bits per heavy atom. The highest BCUT2D eigenvalue weighted by atomic mass is 15.2. The molecule has 0 fully saturated rings. The fourth-order valence-electron chi connectivity index (χ4n) is 10.9. The van der Waals surface area contributed by atoms with Crippen LogP contribution in [0.15, 0.2) is 218 Å². The zero-order valence-electron chi connectivity index (χ0n) is 33.7. The average molecular weight is 767 g/mol. The van der Waals surface area contributed by atoms with E-state index in [1.54, 1.807) is 0 Å². The maximum absolute atomic E-state index is 2.51. The van der Waals surface area contributed by atoms with E-state index in [0.29, 0.717) is 0 Å². The van der Waals surface area contributed by atoms with E-state index in [1.807, 2.05) is 0 Å². The van der Waals surface area contributed by atoms with Crippen molar-refractivity contribution >= 4 is 34.1 Å². The van der Waals surface area contributed by atoms with Crippen LogP contribution in [0.25, 0.3) is 33.4 Å². The summed E-state index contributed by atoms with van der Waals surface area (Å²) in [5.74, 6) is 0. The van der Waals surface area contributed by atoms with Gasteiger partial charge in [-0.15, -0.1) is 0 Å². The van der Waals surface area contributed by atoms with Gasteiger partial charge in [-0.2, -0.15) is 0 Å². The lowest BCUT2D eigenvalue weighted by atomic mass is 9.64. The molecule has 9 aromatic rings. The number of rotatable bonds is 5. The van der Waals surface area contributed by atoms with Gasteiger partial charge in [0, 0.05) is 28.0 Å². The highest BCUT2D eigenvalue weighted by molar-refractivity contribution is 5.98. The molecule has 1 spiro atoms. The third-order valence-corrected chi connectivity index (χ3v) is 13.5. The van der Waals surface area contributed by atoms with Crippen LogP contribution in [-0.4, -0.2) is 0 Å². The SMILES string of the molecule is CC1(C)c2ccccc2-c2ccc(N(c3ccccc3)c3ccccc3-c3ccc4c(c3)C3(c5ccccc5-4)c4ccccc4N(c4ccccc4)c4ccccc43)cc21. The fourth-order valence-corrected chi connectivity index (χ4v) is 10.9. The molecular formula is C58H42N2. The van der Waals surface area contributed by atoms with E-state index in [4.69, 9.17) is 0 Å². The number of para-hydroxylation sites is 5. The number of benzene rings is 9. The maximum atomic E-state index is 2.51. The van der Waals surface area contributed by atoms with Gasteiger partial charge in [0.2, 0.25) is 0 Å². The fraction of sp³-hybridized carbons (Fsp3) is 0.0690. The molecule has 12 rings (SSSR count). The molecule has 0 saturated carbocycles. The van der Waals surface area contributed by atoms with E-state index < -0.39 is 5.41 Å². The second kappa shape index (κ2) is 13.0. The van der Waals surface area contributed by atoms with Crippen molar-refractivity contribution < 1.29 is 0 Å². The summed E-state index contributed by atoms with van der Waals surface area (Å²) in [7, 11) is 0. The quantitative estimate of drug-likeness (QED) is 0.172. The maximum Gasteiger partial charge on any atom is 0.0754 e. The molecule has 0 unspecified atom stereocenters. The number of anilines is 6. The zero-order chi connectivity index (χ0) is 40.0. The van der Waals surface area contributed by atoms with Crippen LogP contribution in [0.5, 0.6) is 0 Å². The largest absolute Gasteiger partial charge is 0.310 e. The summed E-state index contributed by atoms with van der Waals surface area (Å²) in [6.45, 7) is 4.72. The number of nitrogens with zero attached hydrogens (tertiary/aromatic N) is 2. The Bertz CT molecular complexity index is 3090. The Morgan fingerprint density at radius 1 is 0.350 bits per heavy atom. The molecule has 3 aliphatic rings. The molecule has 0 bridgehead atoms. The molecule has 60 heavy (non-hydrogen) atoms. The van der Waals surface area contributed by atoms with Gasteiger partial charge < -0.3 is 9.80 Å². The van der Waals surface area contributed by atoms with Crippen LogP contribution in [0, 0.1) is 0 Å². The van der Waals surface area contributed by atoms with Gasteiger partial charge in [0.25, 0.3) is 0 Å². The summed E-state index contributed by atoms with van der Waals surface area (Å²) in [5.41, 5.74) is 21.9. The van der Waals surface area contributed by atoms with Gasteiger partial charge in [-0.05, 0) is 122 Å². The molecule has 2 nitrogen and oxygen atoms in total. The summed E-state index contributed by atoms with van der Waals surface area (Å²) >= 11 is 0. The van der Waals surface area contributed by atoms with E-state index >= 15 is 0 Å². The van der Waals surface area contributed by atoms with Crippen molar-refractivity contribution in [1.82, 2.24) is 0 Å². The summed E-state index contributed by atoms with van der Waals surface area (Å²) in [6.07, 6.45) is 0. The molecule has 0 radical (unpaired) electrons. The standard InChI is InChI=1S/C58H42N2/c1-57(2)48-26-12-9-24-44(48)46-36-34-42(38-52(46)57)59(40-19-5-3-6-20-40)54-30-16-11-23-43(54)39-33-35-47-45-25-10-13-27-49(45)58(53(47)37-39)50-28-14-17-31-55(50)60(41-21-7-4-8-22-41)56-32-18-15-29-51(56)58/h3-38H,1-2H3. The topological polar surface area (TPSA) is 6.48 Å². The Balaban J connectivity index is 1.08. The minimum absolute atomic E-state index is 0.115. The predicted octanol–water partition coefficient (Wildman–Crippen LogP) is 15.3. The Kier molecular flexibility index (Phi) is 7.52. The molecular weight excluding hydrogens is 725 g/mol. The Labute approximate surface area is 352 Å². The molecule has 0 aromatic heterocycles. The van der Waals surface area contributed by atoms with Crippen LogP contribution in [0.2, 0.25) is 0 Å². The molecule has 1 heterocycles. The highest BCUT2D eigenvalue weighted by Crippen LogP contribution is 2.64. The van der Waals surface area contributed by atoms with Gasteiger partial charge in [0.1, 0.15) is 0 Å². The minimum atomic E-state index is -0.533. The van der Waals surface area contributed by atoms with Crippen LogP contribution in [-0.2, 0) is 10.8 Å². The molecule has 0 amide bonds. The normalized spacial score (nSPS) is 14.4. The zero-order valence-corrected chi connectivity index (χ0v) is 33.7. The highest BCUT2D eigenvalue weighted by Gasteiger charge is 2.51. The van der Waals surface area contributed by atoms with Gasteiger partial charge in [0.15, 0.2) is 0 Å². The van der Waals surface area contributed by atoms with Crippen molar-refractivity contribution in [2.75, 3.05) is 9.80 Å². The lowest BCUT2D eigenvalue weighted by Crippen LogP contribution is -2.36. The molecule has 2 aliphatic carbocycles. The van der Waals surface area contributed by atoms with E-state index in [-0.39, 0.29) is 5.41 Å². The average Bonchev–Trinajstić information content (AvgIpc) is 3.72. The third-order valence-electron chi connectivity index (χ3n) is 13.5. The van der Waals surface area contributed by atoms with Gasteiger partial charge in [-0.3, -0.25) is 0 Å². The van der Waals surface area contributed by atoms with Gasteiger partial charge in [0.05, 0.1) is 22.5 Å².